The second-order valence-electron chi connectivity index (χ2n) is 4.40. The van der Waals surface area contributed by atoms with E-state index in [4.69, 9.17) is 5.11 Å². The van der Waals surface area contributed by atoms with Gasteiger partial charge in [-0.15, -0.1) is 0 Å². The first-order valence-electron chi connectivity index (χ1n) is 4.57. The van der Waals surface area contributed by atoms with Gasteiger partial charge in [-0.05, 0) is 24.7 Å². The van der Waals surface area contributed by atoms with E-state index in [0.717, 1.165) is 25.8 Å². The van der Waals surface area contributed by atoms with Crippen molar-refractivity contribution in [3.8, 4) is 0 Å². The molecule has 3 aliphatic rings. The number of rotatable bonds is 2. The summed E-state index contributed by atoms with van der Waals surface area (Å²) >= 11 is 0. The lowest BCUT2D eigenvalue weighted by molar-refractivity contribution is -0.172. The number of fused-ring (bicyclic) bond motifs is 2. The van der Waals surface area contributed by atoms with E-state index >= 15 is 0 Å². The lowest BCUT2D eigenvalue weighted by Crippen LogP contribution is -2.64. The maximum atomic E-state index is 10.9. The fraction of sp³-hybridized carbons (Fsp3) is 0.889. The van der Waals surface area contributed by atoms with Crippen molar-refractivity contribution in [2.75, 3.05) is 13.1 Å². The summed E-state index contributed by atoms with van der Waals surface area (Å²) in [5, 5.41) is 12.2. The Morgan fingerprint density at radius 3 is 2.67 bits per heavy atom. The highest BCUT2D eigenvalue weighted by atomic mass is 16.4. The Bertz CT molecular complexity index is 219. The molecule has 68 valence electrons. The van der Waals surface area contributed by atoms with Gasteiger partial charge in [0.1, 0.15) is 0 Å². The molecule has 3 heteroatoms. The zero-order chi connectivity index (χ0) is 8.82. The zero-order valence-corrected chi connectivity index (χ0v) is 7.39. The Hall–Kier alpha value is -0.570. The number of carboxylic acids is 1. The van der Waals surface area contributed by atoms with E-state index in [1.165, 1.54) is 0 Å². The van der Waals surface area contributed by atoms with Crippen LogP contribution in [0.5, 0.6) is 0 Å². The molecule has 2 heterocycles. The van der Waals surface area contributed by atoms with Gasteiger partial charge in [-0.3, -0.25) is 4.79 Å². The van der Waals surface area contributed by atoms with Crippen molar-refractivity contribution in [3.63, 3.8) is 0 Å². The minimum Gasteiger partial charge on any atom is -0.481 e. The second-order valence-corrected chi connectivity index (χ2v) is 4.40. The van der Waals surface area contributed by atoms with Gasteiger partial charge in [0.05, 0.1) is 5.41 Å². The highest BCUT2D eigenvalue weighted by Crippen LogP contribution is 2.58. The molecule has 0 aromatic rings. The molecule has 0 aromatic heterocycles. The molecule has 2 saturated heterocycles. The Balaban J connectivity index is 2.13. The van der Waals surface area contributed by atoms with E-state index in [0.29, 0.717) is 12.0 Å². The summed E-state index contributed by atoms with van der Waals surface area (Å²) in [6.45, 7) is 3.83. The van der Waals surface area contributed by atoms with Crippen LogP contribution < -0.4 is 5.32 Å². The maximum Gasteiger partial charge on any atom is 0.310 e. The van der Waals surface area contributed by atoms with E-state index in [1.807, 2.05) is 0 Å². The highest BCUT2D eigenvalue weighted by molar-refractivity contribution is 5.77. The van der Waals surface area contributed by atoms with Gasteiger partial charge >= 0.3 is 5.97 Å². The molecule has 2 bridgehead atoms. The molecule has 0 radical (unpaired) electrons. The molecule has 2 aliphatic heterocycles. The van der Waals surface area contributed by atoms with Gasteiger partial charge in [0.15, 0.2) is 0 Å². The van der Waals surface area contributed by atoms with Crippen LogP contribution in [-0.4, -0.2) is 24.2 Å². The van der Waals surface area contributed by atoms with Crippen molar-refractivity contribution in [3.05, 3.63) is 0 Å². The van der Waals surface area contributed by atoms with E-state index in [-0.39, 0.29) is 0 Å². The Labute approximate surface area is 72.2 Å². The number of hydrogen-bond donors (Lipinski definition) is 2. The summed E-state index contributed by atoms with van der Waals surface area (Å²) in [6.07, 6.45) is 2.88. The van der Waals surface area contributed by atoms with Crippen molar-refractivity contribution in [2.24, 2.45) is 10.8 Å². The first-order valence-corrected chi connectivity index (χ1v) is 4.57. The van der Waals surface area contributed by atoms with E-state index in [1.54, 1.807) is 0 Å². The maximum absolute atomic E-state index is 10.9. The predicted molar refractivity (Wildman–Crippen MR) is 44.9 cm³/mol. The van der Waals surface area contributed by atoms with Gasteiger partial charge < -0.3 is 10.4 Å². The van der Waals surface area contributed by atoms with Crippen molar-refractivity contribution >= 4 is 5.97 Å². The van der Waals surface area contributed by atoms with Crippen LogP contribution >= 0.6 is 0 Å². The largest absolute Gasteiger partial charge is 0.481 e. The highest BCUT2D eigenvalue weighted by Gasteiger charge is 2.60. The molecule has 1 aliphatic carbocycles. The van der Waals surface area contributed by atoms with Crippen LogP contribution in [0.1, 0.15) is 26.2 Å². The van der Waals surface area contributed by atoms with Crippen LogP contribution in [0.15, 0.2) is 0 Å². The van der Waals surface area contributed by atoms with Crippen molar-refractivity contribution in [1.29, 1.82) is 0 Å². The average molecular weight is 169 g/mol. The third-order valence-corrected chi connectivity index (χ3v) is 3.59. The van der Waals surface area contributed by atoms with Crippen molar-refractivity contribution in [1.82, 2.24) is 5.32 Å². The van der Waals surface area contributed by atoms with Crippen LogP contribution in [-0.2, 0) is 4.79 Å². The molecular weight excluding hydrogens is 154 g/mol. The smallest absolute Gasteiger partial charge is 0.310 e. The monoisotopic (exact) mass is 169 g/mol. The summed E-state index contributed by atoms with van der Waals surface area (Å²) in [5.41, 5.74) is -0.0924. The first-order chi connectivity index (χ1) is 5.63. The van der Waals surface area contributed by atoms with Gasteiger partial charge in [0.2, 0.25) is 0 Å². The third kappa shape index (κ3) is 0.829. The van der Waals surface area contributed by atoms with Gasteiger partial charge in [0, 0.05) is 13.1 Å². The summed E-state index contributed by atoms with van der Waals surface area (Å²) in [5.74, 6) is -0.612. The number of nitrogens with one attached hydrogen (secondary N) is 1. The fourth-order valence-corrected chi connectivity index (χ4v) is 2.80. The summed E-state index contributed by atoms with van der Waals surface area (Å²) in [4.78, 5) is 10.9. The normalized spacial score (nSPS) is 45.1. The minimum atomic E-state index is -0.612. The van der Waals surface area contributed by atoms with Gasteiger partial charge in [-0.2, -0.15) is 0 Å². The SMILES string of the molecule is CCC12CNCC(C(=O)O)(C1)C2. The molecule has 3 rings (SSSR count). The number of aliphatic carboxylic acids is 1. The third-order valence-electron chi connectivity index (χ3n) is 3.59. The fourth-order valence-electron chi connectivity index (χ4n) is 2.80. The predicted octanol–water partition coefficient (Wildman–Crippen LogP) is 0.851. The van der Waals surface area contributed by atoms with Crippen LogP contribution in [0.4, 0.5) is 0 Å². The van der Waals surface area contributed by atoms with Gasteiger partial charge in [-0.25, -0.2) is 0 Å². The zero-order valence-electron chi connectivity index (χ0n) is 7.39. The molecule has 0 unspecified atom stereocenters. The summed E-state index contributed by atoms with van der Waals surface area (Å²) in [6, 6.07) is 0. The van der Waals surface area contributed by atoms with Crippen LogP contribution in [0.2, 0.25) is 0 Å². The Morgan fingerprint density at radius 1 is 1.50 bits per heavy atom. The summed E-state index contributed by atoms with van der Waals surface area (Å²) < 4.78 is 0. The molecule has 0 atom stereocenters. The molecule has 3 nitrogen and oxygen atoms in total. The number of piperidine rings is 2. The lowest BCUT2D eigenvalue weighted by Gasteiger charge is -2.58. The topological polar surface area (TPSA) is 49.3 Å². The molecule has 1 saturated carbocycles. The number of carbonyl (C=O) groups is 1. The molecule has 0 amide bonds. The Kier molecular flexibility index (Phi) is 1.49. The number of carboxylic acid groups (broad SMARTS) is 1. The quantitative estimate of drug-likeness (QED) is 0.644. The van der Waals surface area contributed by atoms with E-state index < -0.39 is 11.4 Å². The van der Waals surface area contributed by atoms with Crippen LogP contribution in [0.3, 0.4) is 0 Å². The average Bonchev–Trinajstić information content (AvgIpc) is 2.03. The second kappa shape index (κ2) is 2.22. The summed E-state index contributed by atoms with van der Waals surface area (Å²) in [7, 11) is 0. The first kappa shape index (κ1) is 8.05. The lowest BCUT2D eigenvalue weighted by atomic mass is 9.49. The molecular formula is C9H15NO2. The molecule has 12 heavy (non-hydrogen) atoms. The van der Waals surface area contributed by atoms with Crippen molar-refractivity contribution < 1.29 is 9.90 Å². The molecule has 2 N–H and O–H groups in total. The van der Waals surface area contributed by atoms with E-state index in [2.05, 4.69) is 12.2 Å². The number of hydrogen-bond acceptors (Lipinski definition) is 2. The Morgan fingerprint density at radius 2 is 2.17 bits per heavy atom. The molecule has 3 fully saturated rings. The standard InChI is InChI=1S/C9H15NO2/c1-2-8-3-9(4-8,7(11)12)6-10-5-8/h10H,2-6H2,1H3,(H,11,12). The van der Waals surface area contributed by atoms with Gasteiger partial charge in [-0.1, -0.05) is 6.92 Å². The van der Waals surface area contributed by atoms with Crippen LogP contribution in [0.25, 0.3) is 0 Å². The van der Waals surface area contributed by atoms with E-state index in [9.17, 15) is 4.79 Å². The van der Waals surface area contributed by atoms with Gasteiger partial charge in [0.25, 0.3) is 0 Å². The molecule has 0 spiro atoms. The minimum absolute atomic E-state index is 0.316. The molecule has 0 aromatic carbocycles. The van der Waals surface area contributed by atoms with Crippen LogP contribution in [0, 0.1) is 10.8 Å². The van der Waals surface area contributed by atoms with Crippen molar-refractivity contribution in [2.45, 2.75) is 26.2 Å².